The molecule has 2 aromatic rings. The Morgan fingerprint density at radius 3 is 2.21 bits per heavy atom. The van der Waals surface area contributed by atoms with Gasteiger partial charge < -0.3 is 9.80 Å². The molecule has 156 valence electrons. The van der Waals surface area contributed by atoms with Gasteiger partial charge in [-0.1, -0.05) is 0 Å². The largest absolute Gasteiger partial charge is 0.370 e. The van der Waals surface area contributed by atoms with Crippen LogP contribution in [0.5, 0.6) is 0 Å². The summed E-state index contributed by atoms with van der Waals surface area (Å²) < 4.78 is 62.0. The van der Waals surface area contributed by atoms with Crippen molar-refractivity contribution in [3.63, 3.8) is 0 Å². The summed E-state index contributed by atoms with van der Waals surface area (Å²) in [5.41, 5.74) is 0.451. The van der Waals surface area contributed by atoms with Gasteiger partial charge >= 0.3 is 5.76 Å². The van der Waals surface area contributed by atoms with Crippen LogP contribution in [0.25, 0.3) is 0 Å². The molecule has 7 nitrogen and oxygen atoms in total. The predicted octanol–water partition coefficient (Wildman–Crippen LogP) is 3.45. The first-order valence-corrected chi connectivity index (χ1v) is 10.3. The number of nitro benzene ring substituents is 1. The topological polar surface area (TPSA) is 83.8 Å². The van der Waals surface area contributed by atoms with Crippen molar-refractivity contribution in [1.82, 2.24) is 0 Å². The molecule has 0 aliphatic carbocycles. The number of benzene rings is 2. The molecule has 0 unspecified atom stereocenters. The van der Waals surface area contributed by atoms with E-state index in [9.17, 15) is 31.7 Å². The second kappa shape index (κ2) is 8.27. The number of rotatable bonds is 5. The van der Waals surface area contributed by atoms with E-state index in [1.165, 1.54) is 18.2 Å². The first-order chi connectivity index (χ1) is 13.7. The molecule has 1 aliphatic rings. The Hall–Kier alpha value is -2.82. The van der Waals surface area contributed by atoms with Crippen LogP contribution in [-0.2, 0) is 9.84 Å². The molecule has 3 rings (SSSR count). The lowest BCUT2D eigenvalue weighted by molar-refractivity contribution is -0.384. The van der Waals surface area contributed by atoms with Crippen molar-refractivity contribution in [2.75, 3.05) is 36.0 Å². The van der Waals surface area contributed by atoms with Gasteiger partial charge in [-0.2, -0.15) is 8.78 Å². The Kier molecular flexibility index (Phi) is 5.96. The quantitative estimate of drug-likeness (QED) is 0.535. The van der Waals surface area contributed by atoms with Crippen LogP contribution in [-0.4, -0.2) is 45.3 Å². The number of hydrogen-bond acceptors (Lipinski definition) is 6. The van der Waals surface area contributed by atoms with Crippen LogP contribution in [0.3, 0.4) is 0 Å². The number of alkyl halides is 2. The van der Waals surface area contributed by atoms with Crippen molar-refractivity contribution in [3.05, 3.63) is 58.4 Å². The molecule has 0 atom stereocenters. The van der Waals surface area contributed by atoms with Crippen LogP contribution in [0.1, 0.15) is 6.42 Å². The number of nitrogens with zero attached hydrogens (tertiary/aromatic N) is 3. The lowest BCUT2D eigenvalue weighted by Gasteiger charge is -2.24. The van der Waals surface area contributed by atoms with Gasteiger partial charge in [-0.15, -0.1) is 0 Å². The summed E-state index contributed by atoms with van der Waals surface area (Å²) in [5, 5.41) is 11.5. The van der Waals surface area contributed by atoms with E-state index in [1.807, 2.05) is 4.90 Å². The first-order valence-electron chi connectivity index (χ1n) is 8.76. The molecular formula is C18H18F3N3O4S. The smallest absolute Gasteiger partial charge is 0.341 e. The molecule has 1 heterocycles. The van der Waals surface area contributed by atoms with Crippen molar-refractivity contribution >= 4 is 26.9 Å². The van der Waals surface area contributed by atoms with E-state index in [1.54, 1.807) is 17.0 Å². The van der Waals surface area contributed by atoms with Gasteiger partial charge in [-0.25, -0.2) is 12.8 Å². The molecular weight excluding hydrogens is 411 g/mol. The van der Waals surface area contributed by atoms with Crippen molar-refractivity contribution in [2.24, 2.45) is 0 Å². The predicted molar refractivity (Wildman–Crippen MR) is 102 cm³/mol. The zero-order valence-corrected chi connectivity index (χ0v) is 16.0. The van der Waals surface area contributed by atoms with Gasteiger partial charge in [0.25, 0.3) is 5.69 Å². The first kappa shape index (κ1) is 20.9. The Bertz CT molecular complexity index is 1000. The van der Waals surface area contributed by atoms with Crippen molar-refractivity contribution in [3.8, 4) is 0 Å². The molecule has 0 radical (unpaired) electrons. The maximum absolute atomic E-state index is 13.1. The van der Waals surface area contributed by atoms with Crippen LogP contribution >= 0.6 is 0 Å². The number of halogens is 3. The van der Waals surface area contributed by atoms with Crippen molar-refractivity contribution < 1.29 is 26.5 Å². The number of sulfone groups is 1. The van der Waals surface area contributed by atoms with Crippen molar-refractivity contribution in [1.29, 1.82) is 0 Å². The maximum Gasteiger partial charge on any atom is 0.341 e. The number of nitro groups is 1. The molecule has 29 heavy (non-hydrogen) atoms. The Labute approximate surface area is 165 Å². The summed E-state index contributed by atoms with van der Waals surface area (Å²) in [7, 11) is -4.93. The van der Waals surface area contributed by atoms with E-state index in [0.717, 1.165) is 11.8 Å². The van der Waals surface area contributed by atoms with Gasteiger partial charge in [0.15, 0.2) is 0 Å². The Morgan fingerprint density at radius 1 is 0.966 bits per heavy atom. The summed E-state index contributed by atoms with van der Waals surface area (Å²) in [6, 6.07) is 8.85. The van der Waals surface area contributed by atoms with Gasteiger partial charge in [-0.05, 0) is 42.8 Å². The van der Waals surface area contributed by atoms with Gasteiger partial charge in [0, 0.05) is 37.9 Å². The van der Waals surface area contributed by atoms with E-state index >= 15 is 0 Å². The number of hydrogen-bond donors (Lipinski definition) is 0. The Morgan fingerprint density at radius 2 is 1.59 bits per heavy atom. The molecule has 0 spiro atoms. The highest BCUT2D eigenvalue weighted by Crippen LogP contribution is 2.33. The molecule has 1 saturated heterocycles. The third-order valence-corrected chi connectivity index (χ3v) is 6.12. The van der Waals surface area contributed by atoms with E-state index in [0.29, 0.717) is 38.7 Å². The SMILES string of the molecule is O=[N+]([O-])c1cc(S(=O)(=O)C(F)F)ccc1N1CCCN(c2ccc(F)cc2)CC1. The highest BCUT2D eigenvalue weighted by Gasteiger charge is 2.31. The fourth-order valence-corrected chi connectivity index (χ4v) is 4.00. The molecule has 0 bridgehead atoms. The van der Waals surface area contributed by atoms with E-state index in [2.05, 4.69) is 0 Å². The lowest BCUT2D eigenvalue weighted by atomic mass is 10.2. The average Bonchev–Trinajstić information content (AvgIpc) is 2.94. The van der Waals surface area contributed by atoms with E-state index < -0.39 is 31.1 Å². The standard InChI is InChI=1S/C18H18F3N3O4S/c19-13-2-4-14(5-3-13)22-8-1-9-23(11-10-22)16-7-6-15(12-17(16)24(25)26)29(27,28)18(20)21/h2-7,12,18H,1,8-11H2. The zero-order valence-electron chi connectivity index (χ0n) is 15.2. The molecule has 0 amide bonds. The molecule has 0 N–H and O–H groups in total. The summed E-state index contributed by atoms with van der Waals surface area (Å²) in [6.45, 7) is 1.99. The fraction of sp³-hybridized carbons (Fsp3) is 0.333. The van der Waals surface area contributed by atoms with Crippen LogP contribution < -0.4 is 9.80 Å². The third kappa shape index (κ3) is 4.44. The fourth-order valence-electron chi connectivity index (χ4n) is 3.27. The maximum atomic E-state index is 13.1. The van der Waals surface area contributed by atoms with Gasteiger partial charge in [0.05, 0.1) is 9.82 Å². The third-order valence-electron chi connectivity index (χ3n) is 4.74. The van der Waals surface area contributed by atoms with Crippen LogP contribution in [0, 0.1) is 15.9 Å². The van der Waals surface area contributed by atoms with Crippen LogP contribution in [0.15, 0.2) is 47.4 Å². The molecule has 0 saturated carbocycles. The number of anilines is 2. The minimum Gasteiger partial charge on any atom is -0.370 e. The second-order valence-electron chi connectivity index (χ2n) is 6.52. The minimum atomic E-state index is -4.93. The lowest BCUT2D eigenvalue weighted by Crippen LogP contribution is -2.31. The van der Waals surface area contributed by atoms with Gasteiger partial charge in [0.1, 0.15) is 11.5 Å². The summed E-state index contributed by atoms with van der Waals surface area (Å²) in [5.74, 6) is -4.00. The molecule has 1 aliphatic heterocycles. The summed E-state index contributed by atoms with van der Waals surface area (Å²) in [6.07, 6.45) is 0.644. The van der Waals surface area contributed by atoms with Gasteiger partial charge in [0.2, 0.25) is 9.84 Å². The minimum absolute atomic E-state index is 0.171. The molecule has 0 aromatic heterocycles. The molecule has 11 heteroatoms. The highest BCUT2D eigenvalue weighted by molar-refractivity contribution is 7.91. The van der Waals surface area contributed by atoms with Crippen molar-refractivity contribution in [2.45, 2.75) is 17.1 Å². The average molecular weight is 429 g/mol. The van der Waals surface area contributed by atoms with E-state index in [4.69, 9.17) is 0 Å². The monoisotopic (exact) mass is 429 g/mol. The summed E-state index contributed by atoms with van der Waals surface area (Å²) in [4.78, 5) is 13.6. The molecule has 2 aromatic carbocycles. The highest BCUT2D eigenvalue weighted by atomic mass is 32.2. The molecule has 1 fully saturated rings. The normalized spacial score (nSPS) is 15.4. The van der Waals surface area contributed by atoms with Crippen LogP contribution in [0.2, 0.25) is 0 Å². The summed E-state index contributed by atoms with van der Waals surface area (Å²) >= 11 is 0. The second-order valence-corrected chi connectivity index (χ2v) is 8.44. The Balaban J connectivity index is 1.86. The zero-order chi connectivity index (χ0) is 21.2. The van der Waals surface area contributed by atoms with E-state index in [-0.39, 0.29) is 11.5 Å². The van der Waals surface area contributed by atoms with Crippen LogP contribution in [0.4, 0.5) is 30.2 Å². The van der Waals surface area contributed by atoms with Gasteiger partial charge in [-0.3, -0.25) is 10.1 Å².